The molecule has 1 aliphatic carbocycles. The van der Waals surface area contributed by atoms with Gasteiger partial charge in [-0.15, -0.1) is 0 Å². The van der Waals surface area contributed by atoms with Crippen LogP contribution < -0.4 is 10.1 Å². The lowest BCUT2D eigenvalue weighted by Gasteiger charge is -2.16. The number of benzene rings is 1. The van der Waals surface area contributed by atoms with Crippen LogP contribution in [0, 0.1) is 5.82 Å². The van der Waals surface area contributed by atoms with Gasteiger partial charge >= 0.3 is 0 Å². The van der Waals surface area contributed by atoms with Crippen molar-refractivity contribution in [3.8, 4) is 5.75 Å². The molecule has 1 aromatic carbocycles. The van der Waals surface area contributed by atoms with E-state index in [0.717, 1.165) is 31.7 Å². The maximum atomic E-state index is 13.6. The van der Waals surface area contributed by atoms with Crippen LogP contribution in [0.15, 0.2) is 18.2 Å². The summed E-state index contributed by atoms with van der Waals surface area (Å²) < 4.78 is 18.8. The average molecular weight is 293 g/mol. The molecule has 0 heterocycles. The first-order chi connectivity index (χ1) is 10.2. The summed E-state index contributed by atoms with van der Waals surface area (Å²) in [6.07, 6.45) is 7.25. The SMILES string of the molecule is O=Cc1ccc(OCC(=O)NC2CCCCCC2)c(F)c1. The molecule has 0 aromatic heterocycles. The lowest BCUT2D eigenvalue weighted by Crippen LogP contribution is -2.37. The summed E-state index contributed by atoms with van der Waals surface area (Å²) in [5.74, 6) is -0.890. The Balaban J connectivity index is 1.81. The molecular weight excluding hydrogens is 273 g/mol. The van der Waals surface area contributed by atoms with Crippen LogP contribution in [-0.2, 0) is 4.79 Å². The van der Waals surface area contributed by atoms with Crippen LogP contribution in [-0.4, -0.2) is 24.8 Å². The van der Waals surface area contributed by atoms with E-state index in [2.05, 4.69) is 5.32 Å². The third-order valence-corrected chi connectivity index (χ3v) is 3.67. The van der Waals surface area contributed by atoms with Crippen molar-refractivity contribution >= 4 is 12.2 Å². The molecule has 0 saturated heterocycles. The quantitative estimate of drug-likeness (QED) is 0.671. The number of ether oxygens (including phenoxy) is 1. The second-order valence-corrected chi connectivity index (χ2v) is 5.35. The van der Waals surface area contributed by atoms with Gasteiger partial charge in [0, 0.05) is 11.6 Å². The summed E-state index contributed by atoms with van der Waals surface area (Å²) in [7, 11) is 0. The highest BCUT2D eigenvalue weighted by molar-refractivity contribution is 5.78. The molecule has 1 N–H and O–H groups in total. The van der Waals surface area contributed by atoms with Crippen molar-refractivity contribution in [2.24, 2.45) is 0 Å². The summed E-state index contributed by atoms with van der Waals surface area (Å²) in [6, 6.07) is 4.10. The molecule has 2 rings (SSSR count). The van der Waals surface area contributed by atoms with E-state index >= 15 is 0 Å². The minimum absolute atomic E-state index is 0.0170. The highest BCUT2D eigenvalue weighted by atomic mass is 19.1. The van der Waals surface area contributed by atoms with E-state index in [1.54, 1.807) is 0 Å². The monoisotopic (exact) mass is 293 g/mol. The van der Waals surface area contributed by atoms with Crippen molar-refractivity contribution in [2.45, 2.75) is 44.6 Å². The van der Waals surface area contributed by atoms with Gasteiger partial charge in [0.15, 0.2) is 18.2 Å². The van der Waals surface area contributed by atoms with Gasteiger partial charge in [-0.25, -0.2) is 4.39 Å². The van der Waals surface area contributed by atoms with Gasteiger partial charge in [-0.05, 0) is 31.0 Å². The maximum absolute atomic E-state index is 13.6. The molecule has 5 heteroatoms. The van der Waals surface area contributed by atoms with E-state index < -0.39 is 5.82 Å². The summed E-state index contributed by atoms with van der Waals surface area (Å²) in [5.41, 5.74) is 0.239. The number of nitrogens with one attached hydrogen (secondary N) is 1. The Hall–Kier alpha value is -1.91. The van der Waals surface area contributed by atoms with Crippen LogP contribution >= 0.6 is 0 Å². The minimum Gasteiger partial charge on any atom is -0.481 e. The number of carbonyl (C=O) groups excluding carboxylic acids is 2. The molecule has 0 bridgehead atoms. The lowest BCUT2D eigenvalue weighted by molar-refractivity contribution is -0.123. The predicted molar refractivity (Wildman–Crippen MR) is 76.9 cm³/mol. The van der Waals surface area contributed by atoms with E-state index in [1.165, 1.54) is 25.0 Å². The van der Waals surface area contributed by atoms with E-state index in [9.17, 15) is 14.0 Å². The summed E-state index contributed by atoms with van der Waals surface area (Å²) in [4.78, 5) is 22.3. The van der Waals surface area contributed by atoms with Gasteiger partial charge in [-0.3, -0.25) is 9.59 Å². The Kier molecular flexibility index (Phi) is 5.72. The number of aldehydes is 1. The second kappa shape index (κ2) is 7.76. The van der Waals surface area contributed by atoms with Crippen molar-refractivity contribution in [1.29, 1.82) is 0 Å². The Bertz CT molecular complexity index is 496. The molecule has 0 atom stereocenters. The summed E-state index contributed by atoms with van der Waals surface area (Å²) in [5, 5.41) is 2.93. The fourth-order valence-corrected chi connectivity index (χ4v) is 2.54. The molecule has 0 radical (unpaired) electrons. The zero-order valence-corrected chi connectivity index (χ0v) is 11.9. The van der Waals surface area contributed by atoms with Gasteiger partial charge in [0.25, 0.3) is 5.91 Å². The van der Waals surface area contributed by atoms with Gasteiger partial charge in [0.1, 0.15) is 6.29 Å². The molecule has 21 heavy (non-hydrogen) atoms. The van der Waals surface area contributed by atoms with Gasteiger partial charge in [0.2, 0.25) is 0 Å². The van der Waals surface area contributed by atoms with Crippen molar-refractivity contribution in [3.63, 3.8) is 0 Å². The van der Waals surface area contributed by atoms with Crippen LogP contribution in [0.2, 0.25) is 0 Å². The van der Waals surface area contributed by atoms with E-state index in [1.807, 2.05) is 0 Å². The lowest BCUT2D eigenvalue weighted by atomic mass is 10.1. The van der Waals surface area contributed by atoms with E-state index in [-0.39, 0.29) is 29.9 Å². The predicted octanol–water partition coefficient (Wildman–Crippen LogP) is 2.86. The number of hydrogen-bond donors (Lipinski definition) is 1. The Morgan fingerprint density at radius 2 is 2.00 bits per heavy atom. The normalized spacial score (nSPS) is 16.0. The first-order valence-electron chi connectivity index (χ1n) is 7.36. The molecule has 1 aromatic rings. The van der Waals surface area contributed by atoms with E-state index in [4.69, 9.17) is 4.74 Å². The van der Waals surface area contributed by atoms with Gasteiger partial charge in [-0.1, -0.05) is 25.7 Å². The molecule has 4 nitrogen and oxygen atoms in total. The fraction of sp³-hybridized carbons (Fsp3) is 0.500. The van der Waals surface area contributed by atoms with Crippen molar-refractivity contribution in [1.82, 2.24) is 5.32 Å². The van der Waals surface area contributed by atoms with Crippen LogP contribution in [0.4, 0.5) is 4.39 Å². The second-order valence-electron chi connectivity index (χ2n) is 5.35. The van der Waals surface area contributed by atoms with Crippen molar-refractivity contribution in [2.75, 3.05) is 6.61 Å². The molecule has 1 amide bonds. The maximum Gasteiger partial charge on any atom is 0.258 e. The smallest absolute Gasteiger partial charge is 0.258 e. The highest BCUT2D eigenvalue weighted by Gasteiger charge is 2.15. The largest absolute Gasteiger partial charge is 0.481 e. The average Bonchev–Trinajstić information content (AvgIpc) is 2.74. The Labute approximate surface area is 123 Å². The van der Waals surface area contributed by atoms with Crippen LogP contribution in [0.25, 0.3) is 0 Å². The first-order valence-corrected chi connectivity index (χ1v) is 7.36. The topological polar surface area (TPSA) is 55.4 Å². The molecule has 114 valence electrons. The highest BCUT2D eigenvalue weighted by Crippen LogP contribution is 2.18. The standard InChI is InChI=1S/C16H20FNO3/c17-14-9-12(10-19)7-8-15(14)21-11-16(20)18-13-5-3-1-2-4-6-13/h7-10,13H,1-6,11H2,(H,18,20). The molecular formula is C16H20FNO3. The zero-order valence-electron chi connectivity index (χ0n) is 11.9. The van der Waals surface area contributed by atoms with Gasteiger partial charge in [-0.2, -0.15) is 0 Å². The number of carbonyl (C=O) groups is 2. The molecule has 1 saturated carbocycles. The molecule has 0 spiro atoms. The Morgan fingerprint density at radius 3 is 2.62 bits per heavy atom. The molecule has 1 aliphatic rings. The minimum atomic E-state index is -0.637. The Morgan fingerprint density at radius 1 is 1.29 bits per heavy atom. The number of rotatable bonds is 5. The number of amides is 1. The fourth-order valence-electron chi connectivity index (χ4n) is 2.54. The molecule has 1 fully saturated rings. The summed E-state index contributed by atoms with van der Waals surface area (Å²) >= 11 is 0. The third-order valence-electron chi connectivity index (χ3n) is 3.67. The van der Waals surface area contributed by atoms with E-state index in [0.29, 0.717) is 6.29 Å². The van der Waals surface area contributed by atoms with Crippen molar-refractivity contribution < 1.29 is 18.7 Å². The van der Waals surface area contributed by atoms with Crippen LogP contribution in [0.1, 0.15) is 48.9 Å². The van der Waals surface area contributed by atoms with Crippen molar-refractivity contribution in [3.05, 3.63) is 29.6 Å². The first kappa shape index (κ1) is 15.5. The number of halogens is 1. The summed E-state index contributed by atoms with van der Waals surface area (Å²) in [6.45, 7) is -0.214. The van der Waals surface area contributed by atoms with Gasteiger partial charge < -0.3 is 10.1 Å². The van der Waals surface area contributed by atoms with Crippen LogP contribution in [0.3, 0.4) is 0 Å². The third kappa shape index (κ3) is 4.85. The molecule has 0 aliphatic heterocycles. The molecule has 0 unspecified atom stereocenters. The zero-order chi connectivity index (χ0) is 15.1. The van der Waals surface area contributed by atoms with Crippen LogP contribution in [0.5, 0.6) is 5.75 Å². The number of hydrogen-bond acceptors (Lipinski definition) is 3. The van der Waals surface area contributed by atoms with Gasteiger partial charge in [0.05, 0.1) is 0 Å².